The van der Waals surface area contributed by atoms with Gasteiger partial charge in [-0.3, -0.25) is 0 Å². The molecule has 0 N–H and O–H groups in total. The van der Waals surface area contributed by atoms with Crippen LogP contribution in [0.25, 0.3) is 77.8 Å². The van der Waals surface area contributed by atoms with Gasteiger partial charge in [0.25, 0.3) is 0 Å². The van der Waals surface area contributed by atoms with Crippen molar-refractivity contribution in [3.63, 3.8) is 0 Å². The molecule has 10 heteroatoms. The summed E-state index contributed by atoms with van der Waals surface area (Å²) in [7, 11) is 0. The van der Waals surface area contributed by atoms with Crippen LogP contribution >= 0.6 is 0 Å². The van der Waals surface area contributed by atoms with E-state index in [2.05, 4.69) is 87.3 Å². The van der Waals surface area contributed by atoms with Gasteiger partial charge < -0.3 is 28.6 Å². The molecule has 0 atom stereocenters. The van der Waals surface area contributed by atoms with E-state index in [4.69, 9.17) is 19.4 Å². The van der Waals surface area contributed by atoms with Crippen LogP contribution in [0.5, 0.6) is 23.0 Å². The first kappa shape index (κ1) is 38.8. The van der Waals surface area contributed by atoms with E-state index in [9.17, 15) is 0 Å². The molecule has 60 heavy (non-hydrogen) atoms. The van der Waals surface area contributed by atoms with Crippen molar-refractivity contribution >= 4 is 43.6 Å². The average Bonchev–Trinajstić information content (AvgIpc) is 3.79. The summed E-state index contributed by atoms with van der Waals surface area (Å²) in [5.41, 5.74) is 7.71. The molecule has 8 nitrogen and oxygen atoms in total. The average molecular weight is 1050 g/mol. The summed E-state index contributed by atoms with van der Waals surface area (Å²) in [6.07, 6.45) is 7.24. The van der Waals surface area contributed by atoms with Crippen molar-refractivity contribution in [2.45, 2.75) is 0 Å². The number of rotatable bonds is 8. The molecule has 6 aromatic carbocycles. The number of ether oxygens (including phenoxy) is 2. The van der Waals surface area contributed by atoms with Crippen molar-refractivity contribution in [3.05, 3.63) is 195 Å². The molecule has 0 saturated heterocycles. The molecule has 0 amide bonds. The van der Waals surface area contributed by atoms with Crippen LogP contribution in [0.1, 0.15) is 0 Å². The zero-order valence-corrected chi connectivity index (χ0v) is 35.1. The van der Waals surface area contributed by atoms with Crippen LogP contribution in [0.15, 0.2) is 170 Å². The Balaban J connectivity index is 0.00000231. The summed E-state index contributed by atoms with van der Waals surface area (Å²) < 4.78 is 16.9. The third kappa shape index (κ3) is 7.07. The number of fused-ring (bicyclic) bond motifs is 6. The van der Waals surface area contributed by atoms with Gasteiger partial charge in [-0.1, -0.05) is 83.8 Å². The normalized spacial score (nSPS) is 11.1. The maximum Gasteiger partial charge on any atom is 2.00 e. The third-order valence-electron chi connectivity index (χ3n) is 10.1. The van der Waals surface area contributed by atoms with Crippen LogP contribution in [0, 0.1) is 24.3 Å². The van der Waals surface area contributed by atoms with Gasteiger partial charge in [-0.05, 0) is 35.7 Å². The molecule has 0 radical (unpaired) electrons. The van der Waals surface area contributed by atoms with Crippen molar-refractivity contribution in [1.82, 2.24) is 29.1 Å². The molecule has 0 unspecified atom stereocenters. The Labute approximate surface area is 373 Å². The number of pyridine rings is 2. The Morgan fingerprint density at radius 2 is 0.867 bits per heavy atom. The second-order valence-corrected chi connectivity index (χ2v) is 13.6. The molecule has 0 aliphatic heterocycles. The van der Waals surface area contributed by atoms with Crippen molar-refractivity contribution in [2.24, 2.45) is 0 Å². The standard InChI is InChI=1S/C50H28N6O2.Pd.Pt/c1-3-19-46-40(15-1)41-16-2-4-20-47(41)55(46)35-31-53-50(54-32-35)56-48-29-38(57-36-13-9-11-33(27-36)44-17-5-7-25-51-44)21-23-42(48)43-24-22-39(30-49(43)56)58-37-14-10-12-34(28-37)45-18-6-8-26-52-45;;/h1-26,31-32H;;/q-4;2*+2. The van der Waals surface area contributed by atoms with Gasteiger partial charge in [-0.15, -0.1) is 71.8 Å². The van der Waals surface area contributed by atoms with E-state index in [1.807, 2.05) is 114 Å². The van der Waals surface area contributed by atoms with E-state index in [0.717, 1.165) is 61.0 Å². The van der Waals surface area contributed by atoms with E-state index in [1.54, 1.807) is 12.4 Å². The fraction of sp³-hybridized carbons (Fsp3) is 0. The zero-order chi connectivity index (χ0) is 38.4. The molecular formula is C50H28N6O2PdPt. The molecule has 0 fully saturated rings. The van der Waals surface area contributed by atoms with E-state index < -0.39 is 0 Å². The van der Waals surface area contributed by atoms with Crippen molar-refractivity contribution in [2.75, 3.05) is 0 Å². The fourth-order valence-corrected chi connectivity index (χ4v) is 7.49. The van der Waals surface area contributed by atoms with Crippen LogP contribution in [-0.4, -0.2) is 29.1 Å². The summed E-state index contributed by atoms with van der Waals surface area (Å²) in [6, 6.07) is 61.5. The first-order valence-corrected chi connectivity index (χ1v) is 18.7. The maximum atomic E-state index is 6.40. The summed E-state index contributed by atoms with van der Waals surface area (Å²) in [4.78, 5) is 18.9. The molecule has 11 rings (SSSR count). The van der Waals surface area contributed by atoms with Crippen LogP contribution in [-0.2, 0) is 41.5 Å². The van der Waals surface area contributed by atoms with Crippen LogP contribution < -0.4 is 9.47 Å². The number of hydrogen-bond donors (Lipinski definition) is 0. The van der Waals surface area contributed by atoms with E-state index >= 15 is 0 Å². The topological polar surface area (TPSA) is 79.9 Å². The van der Waals surface area contributed by atoms with Crippen molar-refractivity contribution < 1.29 is 51.0 Å². The maximum absolute atomic E-state index is 6.40. The molecule has 0 spiro atoms. The number of aromatic nitrogens is 6. The van der Waals surface area contributed by atoms with Gasteiger partial charge >= 0.3 is 41.5 Å². The van der Waals surface area contributed by atoms with Crippen LogP contribution in [0.3, 0.4) is 0 Å². The van der Waals surface area contributed by atoms with Crippen molar-refractivity contribution in [3.8, 4) is 57.1 Å². The minimum absolute atomic E-state index is 0. The zero-order valence-electron chi connectivity index (χ0n) is 31.3. The van der Waals surface area contributed by atoms with Gasteiger partial charge in [0.15, 0.2) is 0 Å². The predicted molar refractivity (Wildman–Crippen MR) is 226 cm³/mol. The molecule has 11 aromatic rings. The van der Waals surface area contributed by atoms with E-state index in [-0.39, 0.29) is 41.5 Å². The predicted octanol–water partition coefficient (Wildman–Crippen LogP) is 11.6. The van der Waals surface area contributed by atoms with Gasteiger partial charge in [0, 0.05) is 46.2 Å². The quantitative estimate of drug-likeness (QED) is 0.111. The Morgan fingerprint density at radius 3 is 1.35 bits per heavy atom. The smallest absolute Gasteiger partial charge is 0.503 e. The molecule has 5 heterocycles. The second kappa shape index (κ2) is 16.5. The number of nitrogens with zero attached hydrogens (tertiary/aromatic N) is 6. The van der Waals surface area contributed by atoms with Gasteiger partial charge in [0.05, 0.1) is 29.1 Å². The molecule has 0 aliphatic carbocycles. The summed E-state index contributed by atoms with van der Waals surface area (Å²) >= 11 is 0. The molecule has 5 aromatic heterocycles. The Kier molecular flexibility index (Phi) is 10.6. The van der Waals surface area contributed by atoms with Gasteiger partial charge in [-0.25, -0.2) is 9.97 Å². The fourth-order valence-electron chi connectivity index (χ4n) is 7.49. The van der Waals surface area contributed by atoms with Crippen molar-refractivity contribution in [1.29, 1.82) is 0 Å². The van der Waals surface area contributed by atoms with Gasteiger partial charge in [-0.2, -0.15) is 22.9 Å². The minimum Gasteiger partial charge on any atom is -0.503 e. The van der Waals surface area contributed by atoms with E-state index in [0.29, 0.717) is 28.9 Å². The van der Waals surface area contributed by atoms with Gasteiger partial charge in [0.2, 0.25) is 5.95 Å². The number of benzene rings is 6. The Bertz CT molecular complexity index is 3100. The SMILES string of the molecule is [Pd+2].[Pt+2].[c-]1c(Oc2[c-]c3c(cc2)c2ccc(Oc4[c-]c(-c5ccccn5)ccc4)[c-]c2n3-c2ncc(-n3c4ccccc4c4ccccc43)cn2)cccc1-c1ccccn1. The molecule has 0 aliphatic rings. The molecule has 290 valence electrons. The van der Waals surface area contributed by atoms with Crippen LogP contribution in [0.2, 0.25) is 0 Å². The number of para-hydroxylation sites is 2. The van der Waals surface area contributed by atoms with E-state index in [1.165, 1.54) is 10.8 Å². The first-order chi connectivity index (χ1) is 28.7. The Morgan fingerprint density at radius 1 is 0.400 bits per heavy atom. The summed E-state index contributed by atoms with van der Waals surface area (Å²) in [5, 5.41) is 4.18. The minimum atomic E-state index is 0. The van der Waals surface area contributed by atoms with Gasteiger partial charge in [0.1, 0.15) is 0 Å². The summed E-state index contributed by atoms with van der Waals surface area (Å²) in [6.45, 7) is 0. The number of hydrogen-bond acceptors (Lipinski definition) is 6. The molecular weight excluding hydrogens is 1020 g/mol. The monoisotopic (exact) mass is 1050 g/mol. The molecule has 0 bridgehead atoms. The molecule has 0 saturated carbocycles. The van der Waals surface area contributed by atoms with Crippen LogP contribution in [0.4, 0.5) is 0 Å². The second-order valence-electron chi connectivity index (χ2n) is 13.6. The first-order valence-electron chi connectivity index (χ1n) is 18.7. The third-order valence-corrected chi connectivity index (χ3v) is 10.1. The Hall–Kier alpha value is -6.75. The largest absolute Gasteiger partial charge is 2.00 e. The summed E-state index contributed by atoms with van der Waals surface area (Å²) in [5.74, 6) is 2.54.